The van der Waals surface area contributed by atoms with Gasteiger partial charge in [0.1, 0.15) is 6.04 Å². The van der Waals surface area contributed by atoms with Gasteiger partial charge in [0.25, 0.3) is 0 Å². The molecule has 110 valence electrons. The first-order chi connectivity index (χ1) is 9.70. The summed E-state index contributed by atoms with van der Waals surface area (Å²) in [6.45, 7) is 4.92. The summed E-state index contributed by atoms with van der Waals surface area (Å²) in [5, 5.41) is 6.20. The van der Waals surface area contributed by atoms with Crippen molar-refractivity contribution in [3.8, 4) is 0 Å². The molecule has 0 saturated carbocycles. The van der Waals surface area contributed by atoms with Crippen molar-refractivity contribution in [2.24, 2.45) is 10.8 Å². The number of methoxy groups -OCH3 is 1. The smallest absolute Gasteiger partial charge is 0.322 e. The second-order valence-electron chi connectivity index (χ2n) is 4.21. The number of rotatable bonds is 4. The fourth-order valence-corrected chi connectivity index (χ4v) is 1.88. The van der Waals surface area contributed by atoms with Gasteiger partial charge >= 0.3 is 5.97 Å². The van der Waals surface area contributed by atoms with E-state index in [1.54, 1.807) is 0 Å². The lowest BCUT2D eigenvalue weighted by molar-refractivity contribution is -0.142. The van der Waals surface area contributed by atoms with Gasteiger partial charge in [-0.05, 0) is 24.1 Å². The molecule has 1 heterocycles. The monoisotopic (exact) mass is 277 g/mol. The molecule has 0 spiro atoms. The van der Waals surface area contributed by atoms with Crippen LogP contribution in [0, 0.1) is 0 Å². The zero-order chi connectivity index (χ0) is 15.0. The van der Waals surface area contributed by atoms with Crippen LogP contribution in [0.3, 0.4) is 0 Å². The van der Waals surface area contributed by atoms with E-state index in [2.05, 4.69) is 9.84 Å². The number of hydrogen-bond donors (Lipinski definition) is 1. The summed E-state index contributed by atoms with van der Waals surface area (Å²) in [5.74, 6) is -0.386. The molecular weight excluding hydrogens is 254 g/mol. The van der Waals surface area contributed by atoms with Crippen LogP contribution in [-0.4, -0.2) is 31.9 Å². The molecule has 2 rings (SSSR count). The van der Waals surface area contributed by atoms with Gasteiger partial charge < -0.3 is 10.5 Å². The van der Waals surface area contributed by atoms with Gasteiger partial charge in [-0.1, -0.05) is 26.0 Å². The van der Waals surface area contributed by atoms with E-state index < -0.39 is 6.04 Å². The van der Waals surface area contributed by atoms with Crippen LogP contribution < -0.4 is 10.7 Å². The van der Waals surface area contributed by atoms with Crippen LogP contribution in [-0.2, 0) is 16.0 Å². The molecule has 5 heteroatoms. The van der Waals surface area contributed by atoms with Crippen molar-refractivity contribution in [2.75, 3.05) is 18.7 Å². The number of benzene rings is 1. The summed E-state index contributed by atoms with van der Waals surface area (Å²) < 4.78 is 4.60. The molecular formula is C15H23N3O2. The predicted octanol–water partition coefficient (Wildman–Crippen LogP) is 1.95. The Labute approximate surface area is 120 Å². The average Bonchev–Trinajstić information content (AvgIpc) is 3.03. The van der Waals surface area contributed by atoms with Crippen molar-refractivity contribution in [2.45, 2.75) is 32.7 Å². The molecule has 0 aliphatic carbocycles. The van der Waals surface area contributed by atoms with E-state index in [0.717, 1.165) is 24.2 Å². The van der Waals surface area contributed by atoms with Crippen LogP contribution in [0.2, 0.25) is 0 Å². The molecule has 1 aromatic carbocycles. The molecule has 1 atom stereocenters. The largest absolute Gasteiger partial charge is 0.468 e. The molecule has 2 N–H and O–H groups in total. The SMILES string of the molecule is CC.COC(=O)C(N)Cc1ccc(N2CCC=N2)cc1. The quantitative estimate of drug-likeness (QED) is 0.854. The first-order valence-electron chi connectivity index (χ1n) is 6.93. The Bertz CT molecular complexity index is 443. The number of hydrogen-bond acceptors (Lipinski definition) is 5. The van der Waals surface area contributed by atoms with Gasteiger partial charge in [-0.2, -0.15) is 5.10 Å². The highest BCUT2D eigenvalue weighted by Crippen LogP contribution is 2.18. The Morgan fingerprint density at radius 3 is 2.55 bits per heavy atom. The van der Waals surface area contributed by atoms with E-state index in [1.165, 1.54) is 7.11 Å². The number of carbonyl (C=O) groups excluding carboxylic acids is 1. The molecule has 0 amide bonds. The minimum absolute atomic E-state index is 0.386. The Kier molecular flexibility index (Phi) is 6.73. The van der Waals surface area contributed by atoms with E-state index in [0.29, 0.717) is 6.42 Å². The van der Waals surface area contributed by atoms with E-state index in [-0.39, 0.29) is 5.97 Å². The maximum Gasteiger partial charge on any atom is 0.322 e. The van der Waals surface area contributed by atoms with Crippen molar-refractivity contribution >= 4 is 17.9 Å². The maximum absolute atomic E-state index is 11.2. The summed E-state index contributed by atoms with van der Waals surface area (Å²) >= 11 is 0. The molecule has 20 heavy (non-hydrogen) atoms. The molecule has 1 unspecified atom stereocenters. The Balaban J connectivity index is 0.000000956. The number of anilines is 1. The van der Waals surface area contributed by atoms with Crippen LogP contribution in [0.1, 0.15) is 25.8 Å². The lowest BCUT2D eigenvalue weighted by Crippen LogP contribution is -2.33. The lowest BCUT2D eigenvalue weighted by atomic mass is 10.1. The van der Waals surface area contributed by atoms with Crippen molar-refractivity contribution in [3.63, 3.8) is 0 Å². The lowest BCUT2D eigenvalue weighted by Gasteiger charge is -2.14. The van der Waals surface area contributed by atoms with Gasteiger partial charge in [0.15, 0.2) is 0 Å². The first-order valence-corrected chi connectivity index (χ1v) is 6.93. The van der Waals surface area contributed by atoms with Gasteiger partial charge in [0, 0.05) is 19.2 Å². The van der Waals surface area contributed by atoms with Crippen molar-refractivity contribution in [1.82, 2.24) is 0 Å². The highest BCUT2D eigenvalue weighted by Gasteiger charge is 2.14. The maximum atomic E-state index is 11.2. The normalized spacial score (nSPS) is 14.5. The van der Waals surface area contributed by atoms with Gasteiger partial charge in [-0.15, -0.1) is 0 Å². The Morgan fingerprint density at radius 2 is 2.05 bits per heavy atom. The summed E-state index contributed by atoms with van der Waals surface area (Å²) in [5.41, 5.74) is 7.78. The third-order valence-corrected chi connectivity index (χ3v) is 2.88. The standard InChI is InChI=1S/C13H17N3O2.C2H6/c1-18-13(17)12(14)9-10-3-5-11(6-4-10)16-8-2-7-15-16;1-2/h3-7,12H,2,8-9,14H2,1H3;1-2H3. The fourth-order valence-electron chi connectivity index (χ4n) is 1.88. The van der Waals surface area contributed by atoms with Gasteiger partial charge in [0.2, 0.25) is 0 Å². The second-order valence-corrected chi connectivity index (χ2v) is 4.21. The summed E-state index contributed by atoms with van der Waals surface area (Å²) in [6, 6.07) is 7.30. The van der Waals surface area contributed by atoms with E-state index in [9.17, 15) is 4.79 Å². The third kappa shape index (κ3) is 4.35. The average molecular weight is 277 g/mol. The molecule has 0 fully saturated rings. The number of carbonyl (C=O) groups is 1. The van der Waals surface area contributed by atoms with E-state index >= 15 is 0 Å². The van der Waals surface area contributed by atoms with Crippen LogP contribution in [0.5, 0.6) is 0 Å². The van der Waals surface area contributed by atoms with Gasteiger partial charge in [-0.25, -0.2) is 0 Å². The minimum atomic E-state index is -0.606. The number of nitrogens with zero attached hydrogens (tertiary/aromatic N) is 2. The molecule has 0 aromatic heterocycles. The van der Waals surface area contributed by atoms with Gasteiger partial charge in [-0.3, -0.25) is 9.80 Å². The number of hydrazone groups is 1. The Morgan fingerprint density at radius 1 is 1.40 bits per heavy atom. The van der Waals surface area contributed by atoms with Crippen molar-refractivity contribution < 1.29 is 9.53 Å². The molecule has 5 nitrogen and oxygen atoms in total. The number of nitrogens with two attached hydrogens (primary N) is 1. The second kappa shape index (κ2) is 8.32. The molecule has 0 radical (unpaired) electrons. The highest BCUT2D eigenvalue weighted by molar-refractivity contribution is 5.75. The van der Waals surface area contributed by atoms with Crippen molar-refractivity contribution in [3.05, 3.63) is 29.8 Å². The summed E-state index contributed by atoms with van der Waals surface area (Å²) in [6.07, 6.45) is 3.37. The van der Waals surface area contributed by atoms with Crippen LogP contribution in [0.15, 0.2) is 29.4 Å². The zero-order valence-electron chi connectivity index (χ0n) is 12.4. The number of ether oxygens (including phenoxy) is 1. The molecule has 0 saturated heterocycles. The van der Waals surface area contributed by atoms with Crippen LogP contribution >= 0.6 is 0 Å². The van der Waals surface area contributed by atoms with Crippen molar-refractivity contribution in [1.29, 1.82) is 0 Å². The zero-order valence-corrected chi connectivity index (χ0v) is 12.4. The predicted molar refractivity (Wildman–Crippen MR) is 81.9 cm³/mol. The Hall–Kier alpha value is -1.88. The molecule has 1 aliphatic heterocycles. The minimum Gasteiger partial charge on any atom is -0.468 e. The van der Waals surface area contributed by atoms with E-state index in [4.69, 9.17) is 5.73 Å². The van der Waals surface area contributed by atoms with E-state index in [1.807, 2.05) is 49.3 Å². The fraction of sp³-hybridized carbons (Fsp3) is 0.467. The molecule has 1 aliphatic rings. The van der Waals surface area contributed by atoms with Gasteiger partial charge in [0.05, 0.1) is 12.8 Å². The molecule has 0 bridgehead atoms. The first kappa shape index (κ1) is 16.2. The number of esters is 1. The highest BCUT2D eigenvalue weighted by atomic mass is 16.5. The van der Waals surface area contributed by atoms with Crippen LogP contribution in [0.25, 0.3) is 0 Å². The summed E-state index contributed by atoms with van der Waals surface area (Å²) in [7, 11) is 1.34. The van der Waals surface area contributed by atoms with Crippen LogP contribution in [0.4, 0.5) is 5.69 Å². The topological polar surface area (TPSA) is 67.9 Å². The molecule has 1 aromatic rings. The summed E-state index contributed by atoms with van der Waals surface area (Å²) in [4.78, 5) is 11.2. The third-order valence-electron chi connectivity index (χ3n) is 2.88.